The van der Waals surface area contributed by atoms with E-state index in [9.17, 15) is 14.4 Å². The number of ether oxygens (including phenoxy) is 2. The SMILES string of the molecule is CO[C@@H]1CN(C)C(=O)c2ccc(NC(=O)C3CC3)cc2OC[C@H](C)N(C(=O)C2CCCCC2)C[C@H]1C. The number of hydrogen-bond donors (Lipinski definition) is 1. The highest BCUT2D eigenvalue weighted by Crippen LogP contribution is 2.32. The van der Waals surface area contributed by atoms with Gasteiger partial charge in [-0.25, -0.2) is 0 Å². The molecule has 1 N–H and O–H groups in total. The Labute approximate surface area is 214 Å². The number of hydrogen-bond acceptors (Lipinski definition) is 5. The molecule has 198 valence electrons. The fourth-order valence-corrected chi connectivity index (χ4v) is 5.33. The van der Waals surface area contributed by atoms with Crippen LogP contribution in [0, 0.1) is 17.8 Å². The molecule has 0 bridgehead atoms. The summed E-state index contributed by atoms with van der Waals surface area (Å²) in [6.45, 7) is 5.29. The summed E-state index contributed by atoms with van der Waals surface area (Å²) in [6.07, 6.45) is 6.89. The van der Waals surface area contributed by atoms with Crippen molar-refractivity contribution in [3.63, 3.8) is 0 Å². The Morgan fingerprint density at radius 2 is 1.75 bits per heavy atom. The minimum atomic E-state index is -0.214. The molecule has 3 atom stereocenters. The molecule has 0 radical (unpaired) electrons. The monoisotopic (exact) mass is 499 g/mol. The van der Waals surface area contributed by atoms with Crippen molar-refractivity contribution in [1.29, 1.82) is 0 Å². The highest BCUT2D eigenvalue weighted by molar-refractivity contribution is 5.99. The van der Waals surface area contributed by atoms with Gasteiger partial charge in [-0.2, -0.15) is 0 Å². The maximum absolute atomic E-state index is 13.6. The van der Waals surface area contributed by atoms with Crippen LogP contribution in [0.25, 0.3) is 0 Å². The molecule has 2 aliphatic carbocycles. The van der Waals surface area contributed by atoms with Crippen molar-refractivity contribution in [2.24, 2.45) is 17.8 Å². The Hall–Kier alpha value is -2.61. The lowest BCUT2D eigenvalue weighted by molar-refractivity contribution is -0.141. The second-order valence-electron chi connectivity index (χ2n) is 10.9. The zero-order valence-corrected chi connectivity index (χ0v) is 22.1. The summed E-state index contributed by atoms with van der Waals surface area (Å²) in [5, 5.41) is 2.94. The first-order valence-electron chi connectivity index (χ1n) is 13.4. The van der Waals surface area contributed by atoms with Crippen LogP contribution in [0.3, 0.4) is 0 Å². The first-order valence-corrected chi connectivity index (χ1v) is 13.4. The number of carbonyl (C=O) groups is 3. The number of anilines is 1. The number of methoxy groups -OCH3 is 1. The number of likely N-dealkylation sites (N-methyl/N-ethyl adjacent to an activating group) is 1. The molecule has 0 saturated heterocycles. The van der Waals surface area contributed by atoms with Crippen LogP contribution in [-0.4, -0.2) is 73.5 Å². The molecule has 0 aromatic heterocycles. The van der Waals surface area contributed by atoms with Crippen LogP contribution in [0.5, 0.6) is 5.75 Å². The molecule has 1 aliphatic heterocycles. The normalized spacial score (nSPS) is 26.3. The fourth-order valence-electron chi connectivity index (χ4n) is 5.33. The second-order valence-corrected chi connectivity index (χ2v) is 10.9. The molecule has 8 nitrogen and oxygen atoms in total. The number of benzene rings is 1. The van der Waals surface area contributed by atoms with E-state index in [4.69, 9.17) is 9.47 Å². The third-order valence-electron chi connectivity index (χ3n) is 7.90. The molecule has 2 fully saturated rings. The van der Waals surface area contributed by atoms with Gasteiger partial charge in [-0.05, 0) is 44.7 Å². The van der Waals surface area contributed by atoms with Crippen LogP contribution in [-0.2, 0) is 14.3 Å². The van der Waals surface area contributed by atoms with Gasteiger partial charge in [-0.3, -0.25) is 14.4 Å². The molecule has 2 saturated carbocycles. The van der Waals surface area contributed by atoms with E-state index in [-0.39, 0.29) is 54.2 Å². The first-order chi connectivity index (χ1) is 17.3. The molecule has 3 amide bonds. The van der Waals surface area contributed by atoms with Gasteiger partial charge in [-0.15, -0.1) is 0 Å². The van der Waals surface area contributed by atoms with E-state index < -0.39 is 0 Å². The van der Waals surface area contributed by atoms with Crippen LogP contribution in [0.15, 0.2) is 18.2 Å². The average Bonchev–Trinajstić information content (AvgIpc) is 3.74. The predicted octanol–water partition coefficient (Wildman–Crippen LogP) is 3.95. The van der Waals surface area contributed by atoms with Crippen LogP contribution in [0.1, 0.15) is 69.2 Å². The smallest absolute Gasteiger partial charge is 0.257 e. The Morgan fingerprint density at radius 3 is 2.42 bits per heavy atom. The van der Waals surface area contributed by atoms with Gasteiger partial charge in [0.15, 0.2) is 0 Å². The number of nitrogens with zero attached hydrogens (tertiary/aromatic N) is 2. The van der Waals surface area contributed by atoms with Crippen LogP contribution >= 0.6 is 0 Å². The maximum atomic E-state index is 13.6. The van der Waals surface area contributed by atoms with E-state index in [2.05, 4.69) is 12.2 Å². The lowest BCUT2D eigenvalue weighted by Crippen LogP contribution is -2.50. The van der Waals surface area contributed by atoms with Crippen LogP contribution in [0.2, 0.25) is 0 Å². The highest BCUT2D eigenvalue weighted by Gasteiger charge is 2.34. The fraction of sp³-hybridized carbons (Fsp3) is 0.679. The molecular weight excluding hydrogens is 458 g/mol. The minimum Gasteiger partial charge on any atom is -0.491 e. The zero-order chi connectivity index (χ0) is 25.8. The quantitative estimate of drug-likeness (QED) is 0.678. The summed E-state index contributed by atoms with van der Waals surface area (Å²) >= 11 is 0. The van der Waals surface area contributed by atoms with Gasteiger partial charge in [-0.1, -0.05) is 26.2 Å². The Balaban J connectivity index is 1.62. The number of rotatable bonds is 4. The summed E-state index contributed by atoms with van der Waals surface area (Å²) < 4.78 is 12.0. The van der Waals surface area contributed by atoms with E-state index in [1.165, 1.54) is 6.42 Å². The standard InChI is InChI=1S/C28H41N3O5/c1-18-15-31(27(33)21-8-6-5-7-9-21)19(2)17-36-24-14-22(29-26(32)20-10-11-20)12-13-23(24)28(34)30(3)16-25(18)35-4/h12-14,18-21,25H,5-11,15-17H2,1-4H3,(H,29,32)/t18-,19+,25-/m1/s1. The predicted molar refractivity (Wildman–Crippen MR) is 138 cm³/mol. The molecule has 8 heteroatoms. The van der Waals surface area contributed by atoms with Crippen molar-refractivity contribution in [2.45, 2.75) is 70.9 Å². The van der Waals surface area contributed by atoms with Gasteiger partial charge in [0.05, 0.1) is 17.7 Å². The van der Waals surface area contributed by atoms with Crippen molar-refractivity contribution in [3.8, 4) is 5.75 Å². The molecule has 36 heavy (non-hydrogen) atoms. The average molecular weight is 500 g/mol. The van der Waals surface area contributed by atoms with Crippen molar-refractivity contribution >= 4 is 23.4 Å². The summed E-state index contributed by atoms with van der Waals surface area (Å²) in [5.74, 6) is 0.623. The molecule has 1 aromatic rings. The van der Waals surface area contributed by atoms with E-state index in [0.29, 0.717) is 30.1 Å². The number of nitrogens with one attached hydrogen (secondary N) is 1. The molecule has 0 spiro atoms. The Morgan fingerprint density at radius 1 is 1.03 bits per heavy atom. The summed E-state index contributed by atoms with van der Waals surface area (Å²) in [6, 6.07) is 5.01. The molecule has 0 unspecified atom stereocenters. The summed E-state index contributed by atoms with van der Waals surface area (Å²) in [5.41, 5.74) is 1.04. The topological polar surface area (TPSA) is 88.2 Å². The lowest BCUT2D eigenvalue weighted by atomic mass is 9.87. The van der Waals surface area contributed by atoms with Crippen molar-refractivity contribution in [2.75, 3.05) is 39.2 Å². The number of fused-ring (bicyclic) bond motifs is 1. The van der Waals surface area contributed by atoms with Gasteiger partial charge >= 0.3 is 0 Å². The van der Waals surface area contributed by atoms with Crippen molar-refractivity contribution in [1.82, 2.24) is 9.80 Å². The number of carbonyl (C=O) groups excluding carboxylic acids is 3. The Bertz CT molecular complexity index is 957. The zero-order valence-electron chi connectivity index (χ0n) is 22.1. The van der Waals surface area contributed by atoms with Crippen LogP contribution in [0.4, 0.5) is 5.69 Å². The van der Waals surface area contributed by atoms with Crippen LogP contribution < -0.4 is 10.1 Å². The van der Waals surface area contributed by atoms with E-state index in [0.717, 1.165) is 38.5 Å². The molecular formula is C28H41N3O5. The number of amides is 3. The maximum Gasteiger partial charge on any atom is 0.257 e. The van der Waals surface area contributed by atoms with Gasteiger partial charge in [0.1, 0.15) is 12.4 Å². The second kappa shape index (κ2) is 11.6. The molecule has 4 rings (SSSR count). The largest absolute Gasteiger partial charge is 0.491 e. The minimum absolute atomic E-state index is 0.00101. The molecule has 1 aromatic carbocycles. The van der Waals surface area contributed by atoms with Gasteiger partial charge in [0.2, 0.25) is 11.8 Å². The van der Waals surface area contributed by atoms with Gasteiger partial charge < -0.3 is 24.6 Å². The summed E-state index contributed by atoms with van der Waals surface area (Å²) in [7, 11) is 3.42. The Kier molecular flexibility index (Phi) is 8.54. The highest BCUT2D eigenvalue weighted by atomic mass is 16.5. The van der Waals surface area contributed by atoms with E-state index in [1.54, 1.807) is 37.3 Å². The molecule has 1 heterocycles. The third kappa shape index (κ3) is 6.20. The van der Waals surface area contributed by atoms with Crippen molar-refractivity contribution in [3.05, 3.63) is 23.8 Å². The van der Waals surface area contributed by atoms with E-state index >= 15 is 0 Å². The lowest BCUT2D eigenvalue weighted by Gasteiger charge is -2.38. The van der Waals surface area contributed by atoms with Gasteiger partial charge in [0.25, 0.3) is 5.91 Å². The summed E-state index contributed by atoms with van der Waals surface area (Å²) in [4.78, 5) is 42.9. The van der Waals surface area contributed by atoms with Gasteiger partial charge in [0, 0.05) is 56.8 Å². The molecule has 3 aliphatic rings. The third-order valence-corrected chi connectivity index (χ3v) is 7.90. The van der Waals surface area contributed by atoms with Crippen molar-refractivity contribution < 1.29 is 23.9 Å². The van der Waals surface area contributed by atoms with E-state index in [1.807, 2.05) is 11.8 Å². The first kappa shape index (κ1) is 26.5.